The van der Waals surface area contributed by atoms with E-state index in [9.17, 15) is 0 Å². The van der Waals surface area contributed by atoms with Crippen molar-refractivity contribution in [2.75, 3.05) is 20.1 Å². The van der Waals surface area contributed by atoms with E-state index in [-0.39, 0.29) is 0 Å². The lowest BCUT2D eigenvalue weighted by atomic mass is 10.2. The molecule has 0 radical (unpaired) electrons. The average Bonchev–Trinajstić information content (AvgIpc) is 3.19. The Hall–Kier alpha value is -1.86. The molecule has 2 aromatic rings. The molecule has 0 N–H and O–H groups in total. The summed E-state index contributed by atoms with van der Waals surface area (Å²) < 4.78 is 5.17. The smallest absolute Gasteiger partial charge is 0.226 e. The SMILES string of the molecule is CCc1nc(CN(C)[C@H]2CCN(Cc3cnc(C)cn3)C2)no1. The molecular weight excluding hydrogens is 292 g/mol. The fourth-order valence-electron chi connectivity index (χ4n) is 2.90. The number of hydrogen-bond donors (Lipinski definition) is 0. The van der Waals surface area contributed by atoms with E-state index in [0.717, 1.165) is 56.2 Å². The number of aromatic nitrogens is 4. The zero-order valence-corrected chi connectivity index (χ0v) is 14.1. The molecule has 1 aliphatic rings. The third-order valence-electron chi connectivity index (χ3n) is 4.29. The van der Waals surface area contributed by atoms with Gasteiger partial charge in [-0.2, -0.15) is 4.98 Å². The summed E-state index contributed by atoms with van der Waals surface area (Å²) in [4.78, 5) is 17.9. The van der Waals surface area contributed by atoms with Crippen LogP contribution in [0, 0.1) is 6.92 Å². The molecule has 0 amide bonds. The summed E-state index contributed by atoms with van der Waals surface area (Å²) in [6.07, 6.45) is 5.63. The zero-order valence-electron chi connectivity index (χ0n) is 14.1. The molecule has 23 heavy (non-hydrogen) atoms. The van der Waals surface area contributed by atoms with Crippen molar-refractivity contribution >= 4 is 0 Å². The van der Waals surface area contributed by atoms with Gasteiger partial charge in [-0.15, -0.1) is 0 Å². The van der Waals surface area contributed by atoms with Crippen LogP contribution in [-0.2, 0) is 19.5 Å². The highest BCUT2D eigenvalue weighted by Gasteiger charge is 2.26. The van der Waals surface area contributed by atoms with Crippen LogP contribution in [-0.4, -0.2) is 56.1 Å². The molecule has 3 rings (SSSR count). The molecule has 0 unspecified atom stereocenters. The van der Waals surface area contributed by atoms with E-state index < -0.39 is 0 Å². The molecule has 2 aromatic heterocycles. The maximum Gasteiger partial charge on any atom is 0.226 e. The molecule has 1 fully saturated rings. The monoisotopic (exact) mass is 316 g/mol. The lowest BCUT2D eigenvalue weighted by Gasteiger charge is -2.23. The Balaban J connectivity index is 1.51. The summed E-state index contributed by atoms with van der Waals surface area (Å²) >= 11 is 0. The second-order valence-corrected chi connectivity index (χ2v) is 6.20. The molecular formula is C16H24N6O. The van der Waals surface area contributed by atoms with Gasteiger partial charge >= 0.3 is 0 Å². The third-order valence-corrected chi connectivity index (χ3v) is 4.29. The summed E-state index contributed by atoms with van der Waals surface area (Å²) in [5.41, 5.74) is 1.99. The zero-order chi connectivity index (χ0) is 16.2. The Morgan fingerprint density at radius 3 is 2.91 bits per heavy atom. The first-order chi connectivity index (χ1) is 11.1. The highest BCUT2D eigenvalue weighted by atomic mass is 16.5. The van der Waals surface area contributed by atoms with Gasteiger partial charge in [-0.3, -0.25) is 19.8 Å². The molecule has 3 heterocycles. The molecule has 0 spiro atoms. The molecule has 7 heteroatoms. The van der Waals surface area contributed by atoms with Crippen molar-refractivity contribution in [2.24, 2.45) is 0 Å². The second kappa shape index (κ2) is 7.14. The van der Waals surface area contributed by atoms with Crippen molar-refractivity contribution in [1.82, 2.24) is 29.9 Å². The minimum atomic E-state index is 0.511. The number of hydrogen-bond acceptors (Lipinski definition) is 7. The predicted octanol–water partition coefficient (Wildman–Crippen LogP) is 1.44. The minimum Gasteiger partial charge on any atom is -0.339 e. The Morgan fingerprint density at radius 2 is 2.22 bits per heavy atom. The largest absolute Gasteiger partial charge is 0.339 e. The van der Waals surface area contributed by atoms with Crippen molar-refractivity contribution in [3.05, 3.63) is 35.5 Å². The third kappa shape index (κ3) is 4.11. The van der Waals surface area contributed by atoms with E-state index in [1.165, 1.54) is 0 Å². The van der Waals surface area contributed by atoms with Gasteiger partial charge in [-0.05, 0) is 20.4 Å². The van der Waals surface area contributed by atoms with Crippen LogP contribution in [0.4, 0.5) is 0 Å². The van der Waals surface area contributed by atoms with E-state index in [0.29, 0.717) is 11.9 Å². The van der Waals surface area contributed by atoms with Crippen LogP contribution >= 0.6 is 0 Å². The number of rotatable bonds is 6. The Kier molecular flexibility index (Phi) is 4.97. The van der Waals surface area contributed by atoms with Gasteiger partial charge in [0, 0.05) is 44.5 Å². The van der Waals surface area contributed by atoms with Crippen molar-refractivity contribution in [2.45, 2.75) is 45.8 Å². The topological polar surface area (TPSA) is 71.2 Å². The van der Waals surface area contributed by atoms with Crippen molar-refractivity contribution in [3.8, 4) is 0 Å². The average molecular weight is 316 g/mol. The van der Waals surface area contributed by atoms with Gasteiger partial charge in [0.2, 0.25) is 5.89 Å². The van der Waals surface area contributed by atoms with Gasteiger partial charge < -0.3 is 4.52 Å². The molecule has 124 valence electrons. The van der Waals surface area contributed by atoms with E-state index in [1.54, 1.807) is 0 Å². The van der Waals surface area contributed by atoms with E-state index in [4.69, 9.17) is 4.52 Å². The van der Waals surface area contributed by atoms with Crippen LogP contribution in [0.15, 0.2) is 16.9 Å². The maximum absolute atomic E-state index is 5.17. The van der Waals surface area contributed by atoms with Gasteiger partial charge in [-0.25, -0.2) is 0 Å². The Bertz CT molecular complexity index is 626. The van der Waals surface area contributed by atoms with Gasteiger partial charge in [0.1, 0.15) is 0 Å². The summed E-state index contributed by atoms with van der Waals surface area (Å²) in [7, 11) is 2.13. The lowest BCUT2D eigenvalue weighted by molar-refractivity contribution is 0.215. The van der Waals surface area contributed by atoms with Gasteiger partial charge in [0.25, 0.3) is 0 Å². The highest BCUT2D eigenvalue weighted by Crippen LogP contribution is 2.17. The predicted molar refractivity (Wildman–Crippen MR) is 85.6 cm³/mol. The minimum absolute atomic E-state index is 0.511. The van der Waals surface area contributed by atoms with E-state index >= 15 is 0 Å². The van der Waals surface area contributed by atoms with Crippen LogP contribution in [0.3, 0.4) is 0 Å². The molecule has 0 aromatic carbocycles. The first-order valence-corrected chi connectivity index (χ1v) is 8.15. The lowest BCUT2D eigenvalue weighted by Crippen LogP contribution is -2.34. The summed E-state index contributed by atoms with van der Waals surface area (Å²) in [6, 6.07) is 0.511. The van der Waals surface area contributed by atoms with Gasteiger partial charge in [0.05, 0.1) is 17.9 Å². The molecule has 1 aliphatic heterocycles. The van der Waals surface area contributed by atoms with Crippen LogP contribution in [0.1, 0.15) is 36.4 Å². The first-order valence-electron chi connectivity index (χ1n) is 8.15. The molecule has 1 atom stereocenters. The van der Waals surface area contributed by atoms with Crippen molar-refractivity contribution < 1.29 is 4.52 Å². The molecule has 0 aliphatic carbocycles. The Morgan fingerprint density at radius 1 is 1.35 bits per heavy atom. The first kappa shape index (κ1) is 16.0. The van der Waals surface area contributed by atoms with Crippen LogP contribution < -0.4 is 0 Å². The normalized spacial score (nSPS) is 18.9. The summed E-state index contributed by atoms with van der Waals surface area (Å²) in [5.74, 6) is 1.48. The Labute approximate surface area is 136 Å². The van der Waals surface area contributed by atoms with Gasteiger partial charge in [0.15, 0.2) is 5.82 Å². The van der Waals surface area contributed by atoms with Crippen LogP contribution in [0.2, 0.25) is 0 Å². The molecule has 0 bridgehead atoms. The highest BCUT2D eigenvalue weighted by molar-refractivity contribution is 5.01. The van der Waals surface area contributed by atoms with E-state index in [1.807, 2.05) is 26.2 Å². The standard InChI is InChI=1S/C16H24N6O/c1-4-16-19-15(20-23-16)11-21(3)14-5-6-22(10-14)9-13-8-17-12(2)7-18-13/h7-8,14H,4-6,9-11H2,1-3H3/t14-/m0/s1. The van der Waals surface area contributed by atoms with Crippen molar-refractivity contribution in [1.29, 1.82) is 0 Å². The quantitative estimate of drug-likeness (QED) is 0.798. The number of likely N-dealkylation sites (tertiary alicyclic amines) is 1. The summed E-state index contributed by atoms with van der Waals surface area (Å²) in [6.45, 7) is 7.68. The van der Waals surface area contributed by atoms with Crippen LogP contribution in [0.25, 0.3) is 0 Å². The fourth-order valence-corrected chi connectivity index (χ4v) is 2.90. The number of likely N-dealkylation sites (N-methyl/N-ethyl adjacent to an activating group) is 1. The number of aryl methyl sites for hydroxylation is 2. The second-order valence-electron chi connectivity index (χ2n) is 6.20. The number of nitrogens with zero attached hydrogens (tertiary/aromatic N) is 6. The van der Waals surface area contributed by atoms with Crippen molar-refractivity contribution in [3.63, 3.8) is 0 Å². The fraction of sp³-hybridized carbons (Fsp3) is 0.625. The summed E-state index contributed by atoms with van der Waals surface area (Å²) in [5, 5.41) is 4.03. The molecule has 1 saturated heterocycles. The van der Waals surface area contributed by atoms with Gasteiger partial charge in [-0.1, -0.05) is 12.1 Å². The molecule has 0 saturated carbocycles. The molecule has 7 nitrogen and oxygen atoms in total. The maximum atomic E-state index is 5.17. The van der Waals surface area contributed by atoms with Crippen LogP contribution in [0.5, 0.6) is 0 Å². The van der Waals surface area contributed by atoms with E-state index in [2.05, 4.69) is 37.0 Å².